The van der Waals surface area contributed by atoms with Gasteiger partial charge in [0.2, 0.25) is 5.91 Å². The van der Waals surface area contributed by atoms with Crippen LogP contribution in [0.4, 0.5) is 10.1 Å². The van der Waals surface area contributed by atoms with Crippen LogP contribution >= 0.6 is 23.2 Å². The Labute approximate surface area is 262 Å². The third-order valence-electron chi connectivity index (χ3n) is 12.4. The van der Waals surface area contributed by atoms with Crippen molar-refractivity contribution in [2.45, 2.75) is 101 Å². The lowest BCUT2D eigenvalue weighted by Crippen LogP contribution is -2.68. The van der Waals surface area contributed by atoms with E-state index in [9.17, 15) is 14.4 Å². The summed E-state index contributed by atoms with van der Waals surface area (Å²) in [5, 5.41) is 3.28. The molecule has 3 atom stereocenters. The minimum Gasteiger partial charge on any atom is -0.325 e. The Balaban J connectivity index is 1.39. The van der Waals surface area contributed by atoms with Gasteiger partial charge < -0.3 is 5.32 Å². The second kappa shape index (κ2) is 9.34. The number of likely N-dealkylation sites (N-methyl/N-ethyl adjacent to an activating group) is 1. The summed E-state index contributed by atoms with van der Waals surface area (Å²) in [6.07, 6.45) is 8.23. The number of carbonyl (C=O) groups excluding carboxylic acids is 3. The van der Waals surface area contributed by atoms with Crippen LogP contribution in [0, 0.1) is 22.1 Å². The number of Topliss-reactive ketones (excluding diaryl/α,β-unsaturated/α-hetero) is 2. The number of nitrogens with one attached hydrogen (secondary N) is 1. The fourth-order valence-electron chi connectivity index (χ4n) is 10.4. The summed E-state index contributed by atoms with van der Waals surface area (Å²) < 4.78 is 16.2. The highest BCUT2D eigenvalue weighted by Gasteiger charge is 2.79. The molecule has 4 aliphatic carbocycles. The van der Waals surface area contributed by atoms with Gasteiger partial charge in [0.15, 0.2) is 5.78 Å². The molecule has 2 spiro atoms. The minimum atomic E-state index is -1.28. The number of rotatable bonds is 5. The SMILES string of the molecule is CC(=O)C12CCC(CC(=O)[C@H]3[C@H](c4cccc(Cl)c4F)[C@]4(C(=O)Nc5cc(Cl)ncc54)C4(CC(C)(C)C4)N3C)(CC1)CC2. The van der Waals surface area contributed by atoms with E-state index in [1.807, 2.05) is 7.05 Å². The largest absolute Gasteiger partial charge is 0.325 e. The molecule has 1 aromatic carbocycles. The van der Waals surface area contributed by atoms with Crippen molar-refractivity contribution in [1.82, 2.24) is 9.88 Å². The number of ketones is 2. The Morgan fingerprint density at radius 1 is 1.09 bits per heavy atom. The average molecular weight is 627 g/mol. The van der Waals surface area contributed by atoms with Crippen LogP contribution in [0.15, 0.2) is 30.5 Å². The van der Waals surface area contributed by atoms with Gasteiger partial charge in [-0.05, 0) is 93.9 Å². The van der Waals surface area contributed by atoms with Crippen LogP contribution in [0.1, 0.15) is 95.6 Å². The molecule has 228 valence electrons. The summed E-state index contributed by atoms with van der Waals surface area (Å²) in [5.74, 6) is -1.40. The molecule has 43 heavy (non-hydrogen) atoms. The van der Waals surface area contributed by atoms with Gasteiger partial charge in [0.05, 0.1) is 11.1 Å². The second-order valence-electron chi connectivity index (χ2n) is 15.0. The first-order valence-electron chi connectivity index (χ1n) is 15.4. The number of fused-ring (bicyclic) bond motifs is 6. The van der Waals surface area contributed by atoms with Crippen LogP contribution in [-0.4, -0.2) is 46.0 Å². The summed E-state index contributed by atoms with van der Waals surface area (Å²) in [6, 6.07) is 5.76. The fourth-order valence-corrected chi connectivity index (χ4v) is 10.8. The lowest BCUT2D eigenvalue weighted by molar-refractivity contribution is -0.142. The third-order valence-corrected chi connectivity index (χ3v) is 12.9. The molecule has 2 aliphatic heterocycles. The number of hydrogen-bond donors (Lipinski definition) is 1. The molecule has 6 aliphatic rings. The van der Waals surface area contributed by atoms with Crippen molar-refractivity contribution >= 4 is 46.4 Å². The quantitative estimate of drug-likeness (QED) is 0.354. The Morgan fingerprint density at radius 3 is 2.35 bits per heavy atom. The van der Waals surface area contributed by atoms with E-state index < -0.39 is 28.7 Å². The standard InChI is InChI=1S/C34H38Cl2FN3O3/c1-19(41)32-11-8-31(9-12-32,10-13-32)15-24(42)28-26(20-6-5-7-22(35)27(20)37)34(33(40(28)4)17-30(2,3)18-33)21-16-38-25(36)14-23(21)39-29(34)43/h5-7,14,16,26,28H,8-13,15,17-18H2,1-4H3,(H,39,43)/t26-,28-,31?,32?,34+/m0/s1. The molecule has 8 rings (SSSR count). The van der Waals surface area contributed by atoms with Gasteiger partial charge in [-0.1, -0.05) is 49.2 Å². The number of likely N-dealkylation sites (tertiary alicyclic amines) is 1. The van der Waals surface area contributed by atoms with Gasteiger partial charge >= 0.3 is 0 Å². The van der Waals surface area contributed by atoms with Crippen molar-refractivity contribution in [3.63, 3.8) is 0 Å². The topological polar surface area (TPSA) is 79.4 Å². The summed E-state index contributed by atoms with van der Waals surface area (Å²) in [5.41, 5.74) is -1.05. The molecule has 2 bridgehead atoms. The zero-order chi connectivity index (χ0) is 30.7. The lowest BCUT2D eigenvalue weighted by atomic mass is 9.46. The molecule has 9 heteroatoms. The van der Waals surface area contributed by atoms with E-state index in [-0.39, 0.29) is 49.5 Å². The molecule has 1 N–H and O–H groups in total. The highest BCUT2D eigenvalue weighted by Crippen LogP contribution is 2.72. The molecule has 2 aromatic rings. The molecule has 1 aromatic heterocycles. The first-order chi connectivity index (χ1) is 20.2. The normalized spacial score (nSPS) is 35.2. The number of anilines is 1. The Hall–Kier alpha value is -2.35. The van der Waals surface area contributed by atoms with Crippen LogP contribution < -0.4 is 5.32 Å². The van der Waals surface area contributed by atoms with E-state index in [4.69, 9.17) is 23.2 Å². The maximum Gasteiger partial charge on any atom is 0.237 e. The predicted octanol–water partition coefficient (Wildman–Crippen LogP) is 7.26. The van der Waals surface area contributed by atoms with E-state index >= 15 is 4.39 Å². The number of benzene rings is 1. The number of pyridine rings is 1. The van der Waals surface area contributed by atoms with Gasteiger partial charge in [0.25, 0.3) is 0 Å². The minimum absolute atomic E-state index is 0.0215. The first kappa shape index (κ1) is 29.4. The Bertz CT molecular complexity index is 1560. The van der Waals surface area contributed by atoms with E-state index in [1.54, 1.807) is 31.3 Å². The number of halogens is 3. The summed E-state index contributed by atoms with van der Waals surface area (Å²) in [7, 11) is 1.94. The van der Waals surface area contributed by atoms with Crippen molar-refractivity contribution < 1.29 is 18.8 Å². The number of carbonyl (C=O) groups is 3. The third kappa shape index (κ3) is 3.80. The van der Waals surface area contributed by atoms with Crippen LogP contribution in [0.2, 0.25) is 10.2 Å². The van der Waals surface area contributed by atoms with Crippen molar-refractivity contribution in [2.75, 3.05) is 12.4 Å². The van der Waals surface area contributed by atoms with Gasteiger partial charge in [-0.25, -0.2) is 9.37 Å². The number of nitrogens with zero attached hydrogens (tertiary/aromatic N) is 2. The Morgan fingerprint density at radius 2 is 1.74 bits per heavy atom. The van der Waals surface area contributed by atoms with Gasteiger partial charge in [-0.15, -0.1) is 0 Å². The predicted molar refractivity (Wildman–Crippen MR) is 164 cm³/mol. The van der Waals surface area contributed by atoms with Crippen molar-refractivity contribution in [3.8, 4) is 0 Å². The van der Waals surface area contributed by atoms with Crippen molar-refractivity contribution in [1.29, 1.82) is 0 Å². The number of hydrogen-bond acceptors (Lipinski definition) is 5. The highest BCUT2D eigenvalue weighted by molar-refractivity contribution is 6.31. The molecule has 1 saturated heterocycles. The average Bonchev–Trinajstić information content (AvgIpc) is 3.35. The van der Waals surface area contributed by atoms with Gasteiger partial charge in [0.1, 0.15) is 22.2 Å². The number of aromatic nitrogens is 1. The molecule has 6 nitrogen and oxygen atoms in total. The van der Waals surface area contributed by atoms with Crippen LogP contribution in [-0.2, 0) is 19.8 Å². The maximum atomic E-state index is 16.2. The molecule has 4 saturated carbocycles. The van der Waals surface area contributed by atoms with Crippen LogP contribution in [0.5, 0.6) is 0 Å². The second-order valence-corrected chi connectivity index (χ2v) is 15.8. The van der Waals surface area contributed by atoms with E-state index in [0.29, 0.717) is 30.5 Å². The van der Waals surface area contributed by atoms with Crippen molar-refractivity contribution in [2.24, 2.45) is 16.2 Å². The van der Waals surface area contributed by atoms with E-state index in [0.717, 1.165) is 38.5 Å². The summed E-state index contributed by atoms with van der Waals surface area (Å²) >= 11 is 12.7. The Kier molecular flexibility index (Phi) is 6.38. The molecular weight excluding hydrogens is 588 g/mol. The summed E-state index contributed by atoms with van der Waals surface area (Å²) in [6.45, 7) is 6.04. The fraction of sp³-hybridized carbons (Fsp3) is 0.588. The molecule has 0 radical (unpaired) electrons. The molecular formula is C34H38Cl2FN3O3. The van der Waals surface area contributed by atoms with Crippen molar-refractivity contribution in [3.05, 3.63) is 57.6 Å². The molecule has 1 amide bonds. The zero-order valence-electron chi connectivity index (χ0n) is 25.2. The monoisotopic (exact) mass is 625 g/mol. The molecule has 3 heterocycles. The van der Waals surface area contributed by atoms with Gasteiger partial charge in [-0.3, -0.25) is 19.3 Å². The lowest BCUT2D eigenvalue weighted by Gasteiger charge is -2.61. The zero-order valence-corrected chi connectivity index (χ0v) is 26.7. The van der Waals surface area contributed by atoms with E-state index in [1.165, 1.54) is 6.07 Å². The smallest absolute Gasteiger partial charge is 0.237 e. The molecule has 5 fully saturated rings. The summed E-state index contributed by atoms with van der Waals surface area (Å²) in [4.78, 5) is 48.5. The highest BCUT2D eigenvalue weighted by atomic mass is 35.5. The van der Waals surface area contributed by atoms with Crippen LogP contribution in [0.25, 0.3) is 0 Å². The number of amides is 1. The van der Waals surface area contributed by atoms with Crippen LogP contribution in [0.3, 0.4) is 0 Å². The van der Waals surface area contributed by atoms with E-state index in [2.05, 4.69) is 29.0 Å². The first-order valence-corrected chi connectivity index (χ1v) is 16.1. The maximum absolute atomic E-state index is 16.2. The van der Waals surface area contributed by atoms with Gasteiger partial charge in [-0.2, -0.15) is 0 Å². The molecule has 0 unspecified atom stereocenters. The van der Waals surface area contributed by atoms with Gasteiger partial charge in [0, 0.05) is 40.7 Å².